The van der Waals surface area contributed by atoms with Gasteiger partial charge in [-0.25, -0.2) is 0 Å². The molecule has 7 heteroatoms. The van der Waals surface area contributed by atoms with E-state index < -0.39 is 0 Å². The van der Waals surface area contributed by atoms with Gasteiger partial charge in [-0.1, -0.05) is 28.1 Å². The predicted molar refractivity (Wildman–Crippen MR) is 95.3 cm³/mol. The summed E-state index contributed by atoms with van der Waals surface area (Å²) in [6, 6.07) is 15.7. The van der Waals surface area contributed by atoms with Crippen LogP contribution in [0, 0.1) is 4.77 Å². The molecular formula is C16H13BrN4OS. The first-order chi connectivity index (χ1) is 11.2. The van der Waals surface area contributed by atoms with Crippen LogP contribution in [0.15, 0.2) is 64.4 Å². The molecule has 0 amide bonds. The zero-order valence-corrected chi connectivity index (χ0v) is 14.4. The third kappa shape index (κ3) is 4.37. The lowest BCUT2D eigenvalue weighted by molar-refractivity contribution is 0.306. The van der Waals surface area contributed by atoms with E-state index in [9.17, 15) is 0 Å². The Bertz CT molecular complexity index is 853. The number of aromatic nitrogens is 3. The van der Waals surface area contributed by atoms with E-state index in [4.69, 9.17) is 17.0 Å². The summed E-state index contributed by atoms with van der Waals surface area (Å²) in [6.45, 7) is 0.533. The van der Waals surface area contributed by atoms with Gasteiger partial charge in [0.25, 0.3) is 0 Å². The number of ether oxygens (including phenoxy) is 1. The number of hydrogen-bond acceptors (Lipinski definition) is 4. The van der Waals surface area contributed by atoms with E-state index >= 15 is 0 Å². The van der Waals surface area contributed by atoms with Crippen LogP contribution in [0.5, 0.6) is 5.75 Å². The standard InChI is InChI=1S/C16H13BrN4OS/c17-14-5-1-13(2-6-14)10-22-15-7-3-12(4-8-15)9-19-21-11-18-20-16(21)23/h1-9,11H,10H2,(H,20,23)/b19-9+. The van der Waals surface area contributed by atoms with Crippen molar-refractivity contribution in [1.29, 1.82) is 0 Å². The number of aromatic amines is 1. The molecule has 0 bridgehead atoms. The van der Waals surface area contributed by atoms with Crippen molar-refractivity contribution < 1.29 is 4.74 Å². The first kappa shape index (κ1) is 15.6. The Balaban J connectivity index is 1.60. The summed E-state index contributed by atoms with van der Waals surface area (Å²) >= 11 is 8.43. The second kappa shape index (κ2) is 7.34. The molecule has 23 heavy (non-hydrogen) atoms. The molecule has 0 aliphatic carbocycles. The maximum atomic E-state index is 5.76. The summed E-state index contributed by atoms with van der Waals surface area (Å²) in [5, 5.41) is 10.7. The molecule has 0 saturated carbocycles. The Morgan fingerprint density at radius 3 is 2.57 bits per heavy atom. The monoisotopic (exact) mass is 388 g/mol. The highest BCUT2D eigenvalue weighted by Crippen LogP contribution is 2.15. The van der Waals surface area contributed by atoms with Crippen LogP contribution in [-0.2, 0) is 6.61 Å². The van der Waals surface area contributed by atoms with E-state index in [-0.39, 0.29) is 0 Å². The number of halogens is 1. The van der Waals surface area contributed by atoms with Gasteiger partial charge in [0, 0.05) is 4.47 Å². The van der Waals surface area contributed by atoms with Crippen molar-refractivity contribution in [3.8, 4) is 5.75 Å². The molecule has 0 spiro atoms. The van der Waals surface area contributed by atoms with E-state index in [1.165, 1.54) is 11.0 Å². The van der Waals surface area contributed by atoms with Crippen molar-refractivity contribution in [2.45, 2.75) is 6.61 Å². The molecule has 0 unspecified atom stereocenters. The number of rotatable bonds is 5. The van der Waals surface area contributed by atoms with Crippen molar-refractivity contribution in [3.05, 3.63) is 75.2 Å². The first-order valence-electron chi connectivity index (χ1n) is 6.84. The highest BCUT2D eigenvalue weighted by Gasteiger charge is 1.97. The smallest absolute Gasteiger partial charge is 0.216 e. The molecule has 0 radical (unpaired) electrons. The SMILES string of the molecule is S=c1[nH]ncn1/N=C/c1ccc(OCc2ccc(Br)cc2)cc1. The van der Waals surface area contributed by atoms with Gasteiger partial charge in [0.1, 0.15) is 18.7 Å². The predicted octanol–water partition coefficient (Wildman–Crippen LogP) is 4.16. The molecular weight excluding hydrogens is 376 g/mol. The van der Waals surface area contributed by atoms with Gasteiger partial charge in [-0.2, -0.15) is 14.9 Å². The maximum absolute atomic E-state index is 5.76. The van der Waals surface area contributed by atoms with Crippen LogP contribution in [0.2, 0.25) is 0 Å². The summed E-state index contributed by atoms with van der Waals surface area (Å²) in [7, 11) is 0. The van der Waals surface area contributed by atoms with Gasteiger partial charge in [-0.05, 0) is 59.7 Å². The van der Waals surface area contributed by atoms with Crippen LogP contribution in [0.4, 0.5) is 0 Å². The summed E-state index contributed by atoms with van der Waals surface area (Å²) in [5.41, 5.74) is 2.07. The van der Waals surface area contributed by atoms with Crippen LogP contribution in [-0.4, -0.2) is 21.1 Å². The third-order valence-electron chi connectivity index (χ3n) is 3.07. The van der Waals surface area contributed by atoms with Crippen molar-refractivity contribution in [1.82, 2.24) is 14.9 Å². The topological polar surface area (TPSA) is 55.2 Å². The first-order valence-corrected chi connectivity index (χ1v) is 8.04. The molecule has 2 aromatic carbocycles. The Morgan fingerprint density at radius 2 is 1.91 bits per heavy atom. The van der Waals surface area contributed by atoms with Crippen LogP contribution >= 0.6 is 28.1 Å². The van der Waals surface area contributed by atoms with E-state index in [0.29, 0.717) is 11.4 Å². The highest BCUT2D eigenvalue weighted by molar-refractivity contribution is 9.10. The van der Waals surface area contributed by atoms with Gasteiger partial charge in [0.05, 0.1) is 6.21 Å². The second-order valence-electron chi connectivity index (χ2n) is 4.73. The average Bonchev–Trinajstić information content (AvgIpc) is 2.98. The molecule has 0 aliphatic rings. The number of nitrogens with one attached hydrogen (secondary N) is 1. The molecule has 116 valence electrons. The number of nitrogens with zero attached hydrogens (tertiary/aromatic N) is 3. The molecule has 0 fully saturated rings. The van der Waals surface area contributed by atoms with E-state index in [1.807, 2.05) is 48.5 Å². The van der Waals surface area contributed by atoms with E-state index in [1.54, 1.807) is 6.21 Å². The van der Waals surface area contributed by atoms with Crippen LogP contribution in [0.25, 0.3) is 0 Å². The van der Waals surface area contributed by atoms with Crippen LogP contribution < -0.4 is 4.74 Å². The minimum absolute atomic E-state index is 0.454. The van der Waals surface area contributed by atoms with Gasteiger partial charge >= 0.3 is 0 Å². The number of H-pyrrole nitrogens is 1. The minimum Gasteiger partial charge on any atom is -0.489 e. The molecule has 0 saturated heterocycles. The largest absolute Gasteiger partial charge is 0.489 e. The molecule has 0 aliphatic heterocycles. The van der Waals surface area contributed by atoms with Gasteiger partial charge < -0.3 is 4.74 Å². The fraction of sp³-hybridized carbons (Fsp3) is 0.0625. The lowest BCUT2D eigenvalue weighted by Gasteiger charge is -2.06. The lowest BCUT2D eigenvalue weighted by atomic mass is 10.2. The Hall–Kier alpha value is -2.25. The van der Waals surface area contributed by atoms with E-state index in [2.05, 4.69) is 31.2 Å². The number of benzene rings is 2. The summed E-state index contributed by atoms with van der Waals surface area (Å²) < 4.78 is 8.77. The normalized spacial score (nSPS) is 11.0. The van der Waals surface area contributed by atoms with Crippen molar-refractivity contribution in [2.75, 3.05) is 0 Å². The molecule has 3 rings (SSSR count). The molecule has 1 heterocycles. The fourth-order valence-corrected chi connectivity index (χ4v) is 2.26. The van der Waals surface area contributed by atoms with Crippen molar-refractivity contribution in [3.63, 3.8) is 0 Å². The maximum Gasteiger partial charge on any atom is 0.216 e. The third-order valence-corrected chi connectivity index (χ3v) is 3.87. The summed E-state index contributed by atoms with van der Waals surface area (Å²) in [4.78, 5) is 0. The Morgan fingerprint density at radius 1 is 1.17 bits per heavy atom. The quantitative estimate of drug-likeness (QED) is 0.527. The van der Waals surface area contributed by atoms with Gasteiger partial charge in [0.15, 0.2) is 0 Å². The molecule has 5 nitrogen and oxygen atoms in total. The van der Waals surface area contributed by atoms with Crippen LogP contribution in [0.1, 0.15) is 11.1 Å². The van der Waals surface area contributed by atoms with Crippen molar-refractivity contribution in [2.24, 2.45) is 5.10 Å². The van der Waals surface area contributed by atoms with Crippen molar-refractivity contribution >= 4 is 34.4 Å². The summed E-state index contributed by atoms with van der Waals surface area (Å²) in [6.07, 6.45) is 3.23. The van der Waals surface area contributed by atoms with Crippen LogP contribution in [0.3, 0.4) is 0 Å². The minimum atomic E-state index is 0.454. The zero-order chi connectivity index (χ0) is 16.1. The summed E-state index contributed by atoms with van der Waals surface area (Å²) in [5.74, 6) is 0.810. The molecule has 3 aromatic rings. The van der Waals surface area contributed by atoms with E-state index in [0.717, 1.165) is 21.3 Å². The Kier molecular flexibility index (Phi) is 4.99. The van der Waals surface area contributed by atoms with Gasteiger partial charge in [-0.15, -0.1) is 0 Å². The molecule has 1 aromatic heterocycles. The lowest BCUT2D eigenvalue weighted by Crippen LogP contribution is -1.95. The zero-order valence-electron chi connectivity index (χ0n) is 12.0. The molecule has 0 atom stereocenters. The average molecular weight is 389 g/mol. The van der Waals surface area contributed by atoms with Gasteiger partial charge in [-0.3, -0.25) is 5.10 Å². The Labute approximate surface area is 146 Å². The fourth-order valence-electron chi connectivity index (χ4n) is 1.85. The number of hydrogen-bond donors (Lipinski definition) is 1. The highest BCUT2D eigenvalue weighted by atomic mass is 79.9. The second-order valence-corrected chi connectivity index (χ2v) is 6.04. The molecule has 1 N–H and O–H groups in total. The van der Waals surface area contributed by atoms with Gasteiger partial charge in [0.2, 0.25) is 4.77 Å².